The lowest BCUT2D eigenvalue weighted by molar-refractivity contribution is 0.127. The number of hydrogen-bond donors (Lipinski definition) is 1. The summed E-state index contributed by atoms with van der Waals surface area (Å²) >= 11 is 0. The highest BCUT2D eigenvalue weighted by molar-refractivity contribution is 7.89. The lowest BCUT2D eigenvalue weighted by Gasteiger charge is -2.42. The molecule has 5 heteroatoms. The Labute approximate surface area is 126 Å². The molecule has 1 aromatic rings. The molecule has 2 saturated carbocycles. The van der Waals surface area contributed by atoms with Gasteiger partial charge >= 0.3 is 0 Å². The van der Waals surface area contributed by atoms with E-state index < -0.39 is 15.8 Å². The minimum Gasteiger partial charge on any atom is -0.207 e. The molecular formula is C16H22FNO2S. The first-order chi connectivity index (χ1) is 9.65. The second kappa shape index (κ2) is 4.53. The van der Waals surface area contributed by atoms with Gasteiger partial charge < -0.3 is 0 Å². The Balaban J connectivity index is 1.91. The maximum Gasteiger partial charge on any atom is 0.240 e. The zero-order valence-electron chi connectivity index (χ0n) is 12.7. The van der Waals surface area contributed by atoms with E-state index >= 15 is 0 Å². The third kappa shape index (κ3) is 2.30. The summed E-state index contributed by atoms with van der Waals surface area (Å²) in [6, 6.07) is 4.93. The molecule has 1 N–H and O–H groups in total. The summed E-state index contributed by atoms with van der Waals surface area (Å²) in [7, 11) is -3.61. The fraction of sp³-hybridized carbons (Fsp3) is 0.625. The van der Waals surface area contributed by atoms with Gasteiger partial charge in [0.25, 0.3) is 0 Å². The van der Waals surface area contributed by atoms with Gasteiger partial charge in [0.15, 0.2) is 0 Å². The van der Waals surface area contributed by atoms with Crippen molar-refractivity contribution in [2.75, 3.05) is 0 Å². The minimum atomic E-state index is -3.61. The quantitative estimate of drug-likeness (QED) is 0.931. The van der Waals surface area contributed by atoms with Gasteiger partial charge in [-0.25, -0.2) is 17.5 Å². The first kappa shape index (κ1) is 15.0. The Bertz CT molecular complexity index is 649. The highest BCUT2D eigenvalue weighted by atomic mass is 32.2. The third-order valence-corrected chi connectivity index (χ3v) is 7.11. The van der Waals surface area contributed by atoms with Gasteiger partial charge in [0.1, 0.15) is 5.82 Å². The van der Waals surface area contributed by atoms with Crippen LogP contribution in [0.15, 0.2) is 29.2 Å². The summed E-state index contributed by atoms with van der Waals surface area (Å²) in [5.74, 6) is 0.143. The molecule has 2 unspecified atom stereocenters. The van der Waals surface area contributed by atoms with E-state index in [9.17, 15) is 12.8 Å². The second-order valence-electron chi connectivity index (χ2n) is 7.42. The Morgan fingerprint density at radius 3 is 2.33 bits per heavy atom. The molecule has 3 atom stereocenters. The highest BCUT2D eigenvalue weighted by Gasteiger charge is 2.60. The van der Waals surface area contributed by atoms with Gasteiger partial charge in [-0.2, -0.15) is 0 Å². The van der Waals surface area contributed by atoms with Crippen LogP contribution in [-0.2, 0) is 10.0 Å². The van der Waals surface area contributed by atoms with Gasteiger partial charge in [-0.05, 0) is 60.3 Å². The average Bonchev–Trinajstić information content (AvgIpc) is 2.87. The highest BCUT2D eigenvalue weighted by Crippen LogP contribution is 2.62. The van der Waals surface area contributed by atoms with Crippen LogP contribution in [0.1, 0.15) is 40.0 Å². The number of fused-ring (bicyclic) bond motifs is 2. The molecular weight excluding hydrogens is 289 g/mol. The van der Waals surface area contributed by atoms with Crippen molar-refractivity contribution in [1.29, 1.82) is 0 Å². The summed E-state index contributed by atoms with van der Waals surface area (Å²) in [4.78, 5) is 0.131. The van der Waals surface area contributed by atoms with Crippen molar-refractivity contribution in [1.82, 2.24) is 4.72 Å². The standard InChI is InChI=1S/C16H22FNO2S/c1-15(2)11-8-9-16(3,10-11)14(15)18-21(19,20)13-6-4-12(17)5-7-13/h4-7,11,14,18H,8-10H2,1-3H3/t11?,14?,16-/m1/s1. The fourth-order valence-electron chi connectivity index (χ4n) is 4.43. The van der Waals surface area contributed by atoms with Gasteiger partial charge in [0.05, 0.1) is 4.90 Å². The van der Waals surface area contributed by atoms with E-state index in [-0.39, 0.29) is 21.8 Å². The normalized spacial score (nSPS) is 34.3. The molecule has 2 aliphatic rings. The molecule has 0 spiro atoms. The Hall–Kier alpha value is -0.940. The monoisotopic (exact) mass is 311 g/mol. The molecule has 0 heterocycles. The van der Waals surface area contributed by atoms with Gasteiger partial charge in [-0.1, -0.05) is 20.8 Å². The zero-order chi connectivity index (χ0) is 15.5. The maximum atomic E-state index is 13.0. The summed E-state index contributed by atoms with van der Waals surface area (Å²) in [5.41, 5.74) is -0.0125. The van der Waals surface area contributed by atoms with Crippen LogP contribution in [-0.4, -0.2) is 14.5 Å². The van der Waals surface area contributed by atoms with Crippen molar-refractivity contribution in [2.24, 2.45) is 16.7 Å². The molecule has 0 saturated heterocycles. The molecule has 0 aliphatic heterocycles. The van der Waals surface area contributed by atoms with Crippen LogP contribution in [0.4, 0.5) is 4.39 Å². The molecule has 2 aliphatic carbocycles. The molecule has 2 bridgehead atoms. The van der Waals surface area contributed by atoms with E-state index in [0.717, 1.165) is 12.8 Å². The van der Waals surface area contributed by atoms with Crippen LogP contribution in [0, 0.1) is 22.6 Å². The molecule has 116 valence electrons. The largest absolute Gasteiger partial charge is 0.240 e. The Morgan fingerprint density at radius 1 is 1.19 bits per heavy atom. The first-order valence-corrected chi connectivity index (χ1v) is 8.91. The topological polar surface area (TPSA) is 46.2 Å². The Kier molecular flexibility index (Phi) is 3.23. The Morgan fingerprint density at radius 2 is 1.81 bits per heavy atom. The number of hydrogen-bond acceptors (Lipinski definition) is 2. The van der Waals surface area contributed by atoms with E-state index in [2.05, 4.69) is 25.5 Å². The van der Waals surface area contributed by atoms with Crippen LogP contribution in [0.3, 0.4) is 0 Å². The maximum absolute atomic E-state index is 13.0. The van der Waals surface area contributed by atoms with Gasteiger partial charge in [-0.15, -0.1) is 0 Å². The van der Waals surface area contributed by atoms with E-state index in [1.165, 1.54) is 30.7 Å². The summed E-state index contributed by atoms with van der Waals surface area (Å²) < 4.78 is 41.0. The molecule has 2 fully saturated rings. The van der Waals surface area contributed by atoms with Gasteiger partial charge in [-0.3, -0.25) is 0 Å². The van der Waals surface area contributed by atoms with E-state index in [0.29, 0.717) is 5.92 Å². The number of nitrogens with one attached hydrogen (secondary N) is 1. The SMILES string of the molecule is CC1(C)C2CC[C@](C)(C2)C1NS(=O)(=O)c1ccc(F)cc1. The van der Waals surface area contributed by atoms with Crippen molar-refractivity contribution in [2.45, 2.75) is 51.0 Å². The van der Waals surface area contributed by atoms with E-state index in [1.54, 1.807) is 0 Å². The number of benzene rings is 1. The second-order valence-corrected chi connectivity index (χ2v) is 9.14. The number of sulfonamides is 1. The molecule has 3 nitrogen and oxygen atoms in total. The van der Waals surface area contributed by atoms with Gasteiger partial charge in [0.2, 0.25) is 10.0 Å². The fourth-order valence-corrected chi connectivity index (χ4v) is 5.96. The predicted molar refractivity (Wildman–Crippen MR) is 79.7 cm³/mol. The lowest BCUT2D eigenvalue weighted by atomic mass is 9.69. The van der Waals surface area contributed by atoms with Gasteiger partial charge in [0, 0.05) is 6.04 Å². The molecule has 1 aromatic carbocycles. The van der Waals surface area contributed by atoms with Crippen LogP contribution >= 0.6 is 0 Å². The molecule has 0 amide bonds. The molecule has 3 rings (SSSR count). The van der Waals surface area contributed by atoms with Crippen LogP contribution in [0.25, 0.3) is 0 Å². The third-order valence-electron chi connectivity index (χ3n) is 5.67. The molecule has 0 radical (unpaired) electrons. The molecule has 21 heavy (non-hydrogen) atoms. The number of halogens is 1. The van der Waals surface area contributed by atoms with Crippen LogP contribution in [0.5, 0.6) is 0 Å². The van der Waals surface area contributed by atoms with Crippen LogP contribution in [0.2, 0.25) is 0 Å². The minimum absolute atomic E-state index is 0.0290. The average molecular weight is 311 g/mol. The predicted octanol–water partition coefficient (Wildman–Crippen LogP) is 3.32. The number of rotatable bonds is 3. The van der Waals surface area contributed by atoms with Crippen molar-refractivity contribution in [3.63, 3.8) is 0 Å². The van der Waals surface area contributed by atoms with Crippen molar-refractivity contribution in [3.8, 4) is 0 Å². The lowest BCUT2D eigenvalue weighted by Crippen LogP contribution is -2.52. The summed E-state index contributed by atoms with van der Waals surface area (Å²) in [6.07, 6.45) is 3.33. The van der Waals surface area contributed by atoms with E-state index in [1.807, 2.05) is 0 Å². The zero-order valence-corrected chi connectivity index (χ0v) is 13.5. The van der Waals surface area contributed by atoms with Crippen molar-refractivity contribution >= 4 is 10.0 Å². The smallest absolute Gasteiger partial charge is 0.207 e. The summed E-state index contributed by atoms with van der Waals surface area (Å²) in [6.45, 7) is 6.49. The van der Waals surface area contributed by atoms with Crippen molar-refractivity contribution < 1.29 is 12.8 Å². The van der Waals surface area contributed by atoms with Crippen LogP contribution < -0.4 is 4.72 Å². The first-order valence-electron chi connectivity index (χ1n) is 7.43. The van der Waals surface area contributed by atoms with Crippen molar-refractivity contribution in [3.05, 3.63) is 30.1 Å². The van der Waals surface area contributed by atoms with E-state index in [4.69, 9.17) is 0 Å². The summed E-state index contributed by atoms with van der Waals surface area (Å²) in [5, 5.41) is 0. The molecule has 0 aromatic heterocycles.